The van der Waals surface area contributed by atoms with Gasteiger partial charge in [0.05, 0.1) is 17.2 Å². The smallest absolute Gasteiger partial charge is 0.253 e. The molecule has 0 aromatic heterocycles. The van der Waals surface area contributed by atoms with Gasteiger partial charge in [-0.25, -0.2) is 0 Å². The summed E-state index contributed by atoms with van der Waals surface area (Å²) in [6, 6.07) is 22.5. The van der Waals surface area contributed by atoms with E-state index in [9.17, 15) is 14.4 Å². The maximum atomic E-state index is 13.0. The van der Waals surface area contributed by atoms with Crippen LogP contribution in [0.1, 0.15) is 33.5 Å². The van der Waals surface area contributed by atoms with E-state index in [0.29, 0.717) is 24.3 Å². The van der Waals surface area contributed by atoms with Gasteiger partial charge < -0.3 is 15.5 Å². The molecule has 0 saturated carbocycles. The van der Waals surface area contributed by atoms with E-state index >= 15 is 0 Å². The van der Waals surface area contributed by atoms with E-state index < -0.39 is 5.92 Å². The number of anilines is 2. The van der Waals surface area contributed by atoms with E-state index in [0.717, 1.165) is 22.4 Å². The summed E-state index contributed by atoms with van der Waals surface area (Å²) in [5.41, 5.74) is 4.79. The molecular weight excluding hydrogens is 414 g/mol. The Labute approximate surface area is 193 Å². The highest BCUT2D eigenvalue weighted by Gasteiger charge is 2.36. The first-order valence-electron chi connectivity index (χ1n) is 11.0. The Morgan fingerprint density at radius 1 is 0.939 bits per heavy atom. The number of aryl methyl sites for hydroxylation is 2. The molecule has 168 valence electrons. The predicted molar refractivity (Wildman–Crippen MR) is 129 cm³/mol. The largest absolute Gasteiger partial charge is 0.348 e. The van der Waals surface area contributed by atoms with Crippen molar-refractivity contribution < 1.29 is 14.4 Å². The number of carbonyl (C=O) groups is 3. The third kappa shape index (κ3) is 5.12. The van der Waals surface area contributed by atoms with Gasteiger partial charge in [-0.3, -0.25) is 14.4 Å². The van der Waals surface area contributed by atoms with Gasteiger partial charge in [-0.15, -0.1) is 0 Å². The molecule has 0 spiro atoms. The summed E-state index contributed by atoms with van der Waals surface area (Å²) in [5.74, 6) is -1.09. The van der Waals surface area contributed by atoms with Crippen molar-refractivity contribution in [3.63, 3.8) is 0 Å². The average Bonchev–Trinajstić information content (AvgIpc) is 3.20. The number of amides is 3. The number of nitrogens with zero attached hydrogens (tertiary/aromatic N) is 1. The maximum Gasteiger partial charge on any atom is 0.253 e. The molecule has 3 aromatic carbocycles. The predicted octanol–water partition coefficient (Wildman–Crippen LogP) is 4.23. The monoisotopic (exact) mass is 441 g/mol. The van der Waals surface area contributed by atoms with Crippen molar-refractivity contribution in [2.75, 3.05) is 16.8 Å². The van der Waals surface area contributed by atoms with Crippen LogP contribution in [0, 0.1) is 19.8 Å². The fourth-order valence-electron chi connectivity index (χ4n) is 3.99. The van der Waals surface area contributed by atoms with Crippen LogP contribution < -0.4 is 15.5 Å². The van der Waals surface area contributed by atoms with Crippen molar-refractivity contribution in [1.82, 2.24) is 5.32 Å². The first kappa shape index (κ1) is 22.3. The van der Waals surface area contributed by atoms with Gasteiger partial charge in [0.2, 0.25) is 11.8 Å². The summed E-state index contributed by atoms with van der Waals surface area (Å²) < 4.78 is 0. The lowest BCUT2D eigenvalue weighted by atomic mass is 10.1. The van der Waals surface area contributed by atoms with Gasteiger partial charge in [0.25, 0.3) is 5.91 Å². The molecule has 1 fully saturated rings. The quantitative estimate of drug-likeness (QED) is 0.601. The fourth-order valence-corrected chi connectivity index (χ4v) is 3.99. The van der Waals surface area contributed by atoms with Gasteiger partial charge in [0.1, 0.15) is 0 Å². The molecule has 1 aliphatic heterocycles. The molecule has 1 heterocycles. The molecular formula is C27H27N3O3. The van der Waals surface area contributed by atoms with E-state index in [2.05, 4.69) is 10.6 Å². The number of rotatable bonds is 6. The zero-order valence-electron chi connectivity index (χ0n) is 18.8. The van der Waals surface area contributed by atoms with Crippen LogP contribution in [0.4, 0.5) is 11.4 Å². The number of carbonyl (C=O) groups excluding carboxylic acids is 3. The molecule has 1 saturated heterocycles. The highest BCUT2D eigenvalue weighted by atomic mass is 16.2. The van der Waals surface area contributed by atoms with E-state index in [1.54, 1.807) is 29.2 Å². The molecule has 3 aromatic rings. The Hall–Kier alpha value is -3.93. The van der Waals surface area contributed by atoms with Gasteiger partial charge in [0, 0.05) is 25.2 Å². The number of nitrogens with one attached hydrogen (secondary N) is 2. The molecule has 1 atom stereocenters. The molecule has 0 bridgehead atoms. The molecule has 2 N–H and O–H groups in total. The van der Waals surface area contributed by atoms with Gasteiger partial charge in [-0.05, 0) is 43.2 Å². The van der Waals surface area contributed by atoms with Crippen LogP contribution in [0.25, 0.3) is 0 Å². The molecule has 0 unspecified atom stereocenters. The minimum Gasteiger partial charge on any atom is -0.348 e. The van der Waals surface area contributed by atoms with Crippen molar-refractivity contribution in [1.29, 1.82) is 0 Å². The summed E-state index contributed by atoms with van der Waals surface area (Å²) in [7, 11) is 0. The molecule has 4 rings (SSSR count). The third-order valence-electron chi connectivity index (χ3n) is 5.91. The van der Waals surface area contributed by atoms with Crippen molar-refractivity contribution >= 4 is 29.1 Å². The molecule has 1 aliphatic rings. The summed E-state index contributed by atoms with van der Waals surface area (Å²) >= 11 is 0. The Morgan fingerprint density at radius 3 is 2.39 bits per heavy atom. The van der Waals surface area contributed by atoms with Gasteiger partial charge in [-0.2, -0.15) is 0 Å². The highest BCUT2D eigenvalue weighted by molar-refractivity contribution is 6.07. The van der Waals surface area contributed by atoms with Crippen molar-refractivity contribution in [3.05, 3.63) is 95.1 Å². The summed E-state index contributed by atoms with van der Waals surface area (Å²) in [4.78, 5) is 40.1. The Morgan fingerprint density at radius 2 is 1.64 bits per heavy atom. The van der Waals surface area contributed by atoms with E-state index in [1.165, 1.54) is 0 Å². The molecule has 0 radical (unpaired) electrons. The maximum absolute atomic E-state index is 13.0. The standard InChI is InChI=1S/C27H27N3O3/c1-18-11-13-20(14-12-18)16-28-27(33)22-8-4-5-9-23(22)29-26(32)21-15-25(31)30(17-21)24-10-6-3-7-19(24)2/h3-14,21H,15-17H2,1-2H3,(H,28,33)(H,29,32)/t21-/m0/s1. The van der Waals surface area contributed by atoms with E-state index in [4.69, 9.17) is 0 Å². The summed E-state index contributed by atoms with van der Waals surface area (Å²) in [5, 5.41) is 5.77. The van der Waals surface area contributed by atoms with Crippen LogP contribution in [-0.4, -0.2) is 24.3 Å². The van der Waals surface area contributed by atoms with Crippen molar-refractivity contribution in [2.24, 2.45) is 5.92 Å². The van der Waals surface area contributed by atoms with Crippen molar-refractivity contribution in [2.45, 2.75) is 26.8 Å². The normalized spacial score (nSPS) is 15.4. The zero-order valence-corrected chi connectivity index (χ0v) is 18.8. The summed E-state index contributed by atoms with van der Waals surface area (Å²) in [6.45, 7) is 4.67. The van der Waals surface area contributed by atoms with Gasteiger partial charge in [0.15, 0.2) is 0 Å². The van der Waals surface area contributed by atoms with Crippen molar-refractivity contribution in [3.8, 4) is 0 Å². The van der Waals surface area contributed by atoms with E-state index in [-0.39, 0.29) is 24.1 Å². The van der Waals surface area contributed by atoms with Crippen LogP contribution in [0.3, 0.4) is 0 Å². The second-order valence-electron chi connectivity index (χ2n) is 8.39. The lowest BCUT2D eigenvalue weighted by Crippen LogP contribution is -2.29. The lowest BCUT2D eigenvalue weighted by molar-refractivity contribution is -0.122. The molecule has 6 nitrogen and oxygen atoms in total. The second-order valence-corrected chi connectivity index (χ2v) is 8.39. The Kier molecular flexibility index (Phi) is 6.54. The third-order valence-corrected chi connectivity index (χ3v) is 5.91. The second kappa shape index (κ2) is 9.69. The first-order chi connectivity index (χ1) is 15.9. The Bertz CT molecular complexity index is 1190. The SMILES string of the molecule is Cc1ccc(CNC(=O)c2ccccc2NC(=O)[C@H]2CC(=O)N(c3ccccc3C)C2)cc1. The number of para-hydroxylation sites is 2. The number of hydrogen-bond donors (Lipinski definition) is 2. The Balaban J connectivity index is 1.42. The molecule has 6 heteroatoms. The highest BCUT2D eigenvalue weighted by Crippen LogP contribution is 2.28. The van der Waals surface area contributed by atoms with E-state index in [1.807, 2.05) is 62.4 Å². The number of hydrogen-bond acceptors (Lipinski definition) is 3. The average molecular weight is 442 g/mol. The minimum absolute atomic E-state index is 0.0754. The molecule has 0 aliphatic carbocycles. The number of benzene rings is 3. The van der Waals surface area contributed by atoms with Crippen LogP contribution in [0.5, 0.6) is 0 Å². The lowest BCUT2D eigenvalue weighted by Gasteiger charge is -2.19. The van der Waals surface area contributed by atoms with Crippen LogP contribution in [-0.2, 0) is 16.1 Å². The molecule has 3 amide bonds. The summed E-state index contributed by atoms with van der Waals surface area (Å²) in [6.07, 6.45) is 0.141. The van der Waals surface area contributed by atoms with Crippen LogP contribution in [0.15, 0.2) is 72.8 Å². The zero-order chi connectivity index (χ0) is 23.4. The topological polar surface area (TPSA) is 78.5 Å². The van der Waals surface area contributed by atoms with Crippen LogP contribution >= 0.6 is 0 Å². The minimum atomic E-state index is -0.485. The fraction of sp³-hybridized carbons (Fsp3) is 0.222. The van der Waals surface area contributed by atoms with Crippen LogP contribution in [0.2, 0.25) is 0 Å². The van der Waals surface area contributed by atoms with Gasteiger partial charge >= 0.3 is 0 Å². The molecule has 33 heavy (non-hydrogen) atoms. The first-order valence-corrected chi connectivity index (χ1v) is 11.0. The van der Waals surface area contributed by atoms with Gasteiger partial charge in [-0.1, -0.05) is 60.2 Å².